The number of rotatable bonds is 5. The minimum atomic E-state index is -1.02. The summed E-state index contributed by atoms with van der Waals surface area (Å²) in [5.74, 6) is -0.730. The Bertz CT molecular complexity index is 933. The molecule has 0 saturated carbocycles. The molecule has 0 aromatic heterocycles. The molecule has 2 aliphatic heterocycles. The van der Waals surface area contributed by atoms with Gasteiger partial charge in [-0.15, -0.1) is 0 Å². The van der Waals surface area contributed by atoms with E-state index in [-0.39, 0.29) is 19.1 Å². The van der Waals surface area contributed by atoms with Crippen molar-refractivity contribution in [1.29, 1.82) is 0 Å². The Kier molecular flexibility index (Phi) is 5.44. The Labute approximate surface area is 175 Å². The van der Waals surface area contributed by atoms with Gasteiger partial charge in [0.1, 0.15) is 18.7 Å². The van der Waals surface area contributed by atoms with Crippen LogP contribution in [0.15, 0.2) is 60.7 Å². The number of ether oxygens (including phenoxy) is 2. The monoisotopic (exact) mass is 408 g/mol. The predicted molar refractivity (Wildman–Crippen MR) is 108 cm³/mol. The number of methoxy groups -OCH3 is 1. The maximum absolute atomic E-state index is 13.3. The number of hydrogen-bond donors (Lipinski definition) is 0. The summed E-state index contributed by atoms with van der Waals surface area (Å²) in [6.07, 6.45) is 0.716. The number of hydrogen-bond acceptors (Lipinski definition) is 5. The summed E-state index contributed by atoms with van der Waals surface area (Å²) in [5, 5.41) is 0. The molecule has 2 amide bonds. The normalized spacial score (nSPS) is 22.7. The highest BCUT2D eigenvalue weighted by Crippen LogP contribution is 2.52. The second kappa shape index (κ2) is 8.18. The van der Waals surface area contributed by atoms with Crippen molar-refractivity contribution in [2.45, 2.75) is 31.0 Å². The van der Waals surface area contributed by atoms with Crippen LogP contribution in [-0.2, 0) is 25.7 Å². The first-order chi connectivity index (χ1) is 14.6. The summed E-state index contributed by atoms with van der Waals surface area (Å²) in [6.45, 7) is 0.431. The van der Waals surface area contributed by atoms with Crippen molar-refractivity contribution >= 4 is 18.0 Å². The zero-order chi connectivity index (χ0) is 21.1. The van der Waals surface area contributed by atoms with Gasteiger partial charge >= 0.3 is 12.1 Å². The molecule has 0 radical (unpaired) electrons. The van der Waals surface area contributed by atoms with Crippen molar-refractivity contribution in [2.75, 3.05) is 20.2 Å². The summed E-state index contributed by atoms with van der Waals surface area (Å²) < 4.78 is 10.3. The van der Waals surface area contributed by atoms with Crippen molar-refractivity contribution in [2.24, 2.45) is 0 Å². The van der Waals surface area contributed by atoms with Crippen molar-refractivity contribution in [3.8, 4) is 0 Å². The van der Waals surface area contributed by atoms with Crippen molar-refractivity contribution < 1.29 is 23.9 Å². The smallest absolute Gasteiger partial charge is 0.411 e. The van der Waals surface area contributed by atoms with Crippen LogP contribution in [0.25, 0.3) is 0 Å². The van der Waals surface area contributed by atoms with Crippen LogP contribution in [-0.4, -0.2) is 53.5 Å². The molecule has 4 rings (SSSR count). The zero-order valence-electron chi connectivity index (χ0n) is 16.8. The van der Waals surface area contributed by atoms with E-state index in [0.717, 1.165) is 11.1 Å². The van der Waals surface area contributed by atoms with Gasteiger partial charge in [0.25, 0.3) is 5.91 Å². The first-order valence-corrected chi connectivity index (χ1v) is 9.99. The van der Waals surface area contributed by atoms with E-state index in [1.807, 2.05) is 60.7 Å². The number of carbonyl (C=O) groups excluding carboxylic acids is 3. The molecule has 0 unspecified atom stereocenters. The molecule has 2 aliphatic rings. The zero-order valence-corrected chi connectivity index (χ0v) is 16.8. The number of nitrogens with zero attached hydrogens (tertiary/aromatic N) is 2. The lowest BCUT2D eigenvalue weighted by molar-refractivity contribution is -0.177. The van der Waals surface area contributed by atoms with Crippen LogP contribution < -0.4 is 0 Å². The number of likely N-dealkylation sites (tertiary alicyclic amines) is 2. The second-order valence-electron chi connectivity index (χ2n) is 7.54. The third-order valence-electron chi connectivity index (χ3n) is 5.88. The van der Waals surface area contributed by atoms with E-state index < -0.39 is 23.6 Å². The summed E-state index contributed by atoms with van der Waals surface area (Å²) >= 11 is 0. The van der Waals surface area contributed by atoms with Crippen LogP contribution in [0.4, 0.5) is 4.79 Å². The van der Waals surface area contributed by atoms with E-state index in [1.54, 1.807) is 4.90 Å². The molecule has 2 saturated heterocycles. The van der Waals surface area contributed by atoms with E-state index in [9.17, 15) is 14.4 Å². The van der Waals surface area contributed by atoms with Crippen LogP contribution in [0.2, 0.25) is 0 Å². The molecule has 0 bridgehead atoms. The van der Waals surface area contributed by atoms with E-state index in [2.05, 4.69) is 0 Å². The van der Waals surface area contributed by atoms with Gasteiger partial charge in [0.2, 0.25) is 0 Å². The van der Waals surface area contributed by atoms with Gasteiger partial charge in [0.05, 0.1) is 13.2 Å². The van der Waals surface area contributed by atoms with Gasteiger partial charge in [-0.25, -0.2) is 4.79 Å². The van der Waals surface area contributed by atoms with Crippen molar-refractivity contribution in [1.82, 2.24) is 9.80 Å². The first kappa shape index (κ1) is 19.9. The highest BCUT2D eigenvalue weighted by molar-refractivity contribution is 5.99. The fourth-order valence-corrected chi connectivity index (χ4v) is 4.53. The number of β-lactam (4-membered cyclic amide) rings is 1. The van der Waals surface area contributed by atoms with E-state index in [4.69, 9.17) is 9.47 Å². The molecule has 7 heteroatoms. The molecule has 2 heterocycles. The maximum Gasteiger partial charge on any atom is 0.411 e. The lowest BCUT2D eigenvalue weighted by Crippen LogP contribution is -2.74. The Balaban J connectivity index is 1.59. The average molecular weight is 408 g/mol. The first-order valence-electron chi connectivity index (χ1n) is 9.99. The Hall–Kier alpha value is -3.35. The summed E-state index contributed by atoms with van der Waals surface area (Å²) in [4.78, 5) is 41.2. The van der Waals surface area contributed by atoms with Gasteiger partial charge in [-0.05, 0) is 24.0 Å². The minimum Gasteiger partial charge on any atom is -0.468 e. The van der Waals surface area contributed by atoms with Gasteiger partial charge in [-0.3, -0.25) is 14.5 Å². The number of benzene rings is 2. The Morgan fingerprint density at radius 3 is 2.40 bits per heavy atom. The van der Waals surface area contributed by atoms with Crippen molar-refractivity contribution in [3.63, 3.8) is 0 Å². The predicted octanol–water partition coefficient (Wildman–Crippen LogP) is 2.91. The molecule has 2 aromatic carbocycles. The van der Waals surface area contributed by atoms with E-state index in [1.165, 1.54) is 12.0 Å². The van der Waals surface area contributed by atoms with Gasteiger partial charge in [-0.2, -0.15) is 0 Å². The highest BCUT2D eigenvalue weighted by atomic mass is 16.6. The molecule has 2 aromatic rings. The largest absolute Gasteiger partial charge is 0.468 e. The lowest BCUT2D eigenvalue weighted by atomic mass is 9.73. The molecule has 0 N–H and O–H groups in total. The molecular weight excluding hydrogens is 384 g/mol. The third kappa shape index (κ3) is 3.30. The number of amides is 2. The number of carbonyl (C=O) groups is 3. The molecule has 2 atom stereocenters. The topological polar surface area (TPSA) is 76.2 Å². The highest BCUT2D eigenvalue weighted by Gasteiger charge is 2.67. The Morgan fingerprint density at radius 2 is 1.73 bits per heavy atom. The third-order valence-corrected chi connectivity index (χ3v) is 5.88. The maximum atomic E-state index is 13.3. The fourth-order valence-electron chi connectivity index (χ4n) is 4.53. The second-order valence-corrected chi connectivity index (χ2v) is 7.54. The van der Waals surface area contributed by atoms with Crippen LogP contribution in [0, 0.1) is 0 Å². The molecule has 7 nitrogen and oxygen atoms in total. The van der Waals surface area contributed by atoms with Crippen molar-refractivity contribution in [3.05, 3.63) is 71.8 Å². The average Bonchev–Trinajstić information content (AvgIpc) is 3.25. The van der Waals surface area contributed by atoms with Gasteiger partial charge < -0.3 is 14.4 Å². The van der Waals surface area contributed by atoms with E-state index in [0.29, 0.717) is 19.4 Å². The quantitative estimate of drug-likeness (QED) is 0.562. The summed E-state index contributed by atoms with van der Waals surface area (Å²) in [7, 11) is 1.29. The summed E-state index contributed by atoms with van der Waals surface area (Å²) in [5.41, 5.74) is 0.734. The van der Waals surface area contributed by atoms with Gasteiger partial charge in [-0.1, -0.05) is 60.7 Å². The van der Waals surface area contributed by atoms with Crippen LogP contribution in [0.1, 0.15) is 30.0 Å². The molecular formula is C23H24N2O5. The molecule has 0 aliphatic carbocycles. The summed E-state index contributed by atoms with van der Waals surface area (Å²) in [6, 6.07) is 18.5. The van der Waals surface area contributed by atoms with Crippen LogP contribution in [0.3, 0.4) is 0 Å². The number of esters is 1. The standard InChI is InChI=1S/C23H24N2O5/c1-29-19(26)15-24-20(18-11-6-3-7-12-18)23(21(24)27)13-8-14-25(23)22(28)30-16-17-9-4-2-5-10-17/h2-7,9-12,20H,8,13-16H2,1H3/t20-,23+/m0/s1. The minimum absolute atomic E-state index is 0.141. The van der Waals surface area contributed by atoms with Crippen LogP contribution >= 0.6 is 0 Å². The lowest BCUT2D eigenvalue weighted by Gasteiger charge is -2.57. The fraction of sp³-hybridized carbons (Fsp3) is 0.348. The molecule has 156 valence electrons. The SMILES string of the molecule is COC(=O)CN1C(=O)[C@@]2(CCCN2C(=O)OCc2ccccc2)[C@@H]1c1ccccc1. The van der Waals surface area contributed by atoms with Gasteiger partial charge in [0, 0.05) is 6.54 Å². The molecule has 2 fully saturated rings. The van der Waals surface area contributed by atoms with E-state index >= 15 is 0 Å². The van der Waals surface area contributed by atoms with Gasteiger partial charge in [0.15, 0.2) is 0 Å². The Morgan fingerprint density at radius 1 is 1.07 bits per heavy atom. The van der Waals surface area contributed by atoms with Crippen LogP contribution in [0.5, 0.6) is 0 Å². The molecule has 30 heavy (non-hydrogen) atoms. The molecule has 1 spiro atoms.